The molecule has 5 rings (SSSR count). The third-order valence-corrected chi connectivity index (χ3v) is 6.26. The number of rotatable bonds is 5. The highest BCUT2D eigenvalue weighted by atomic mass is 16.5. The van der Waals surface area contributed by atoms with E-state index in [4.69, 9.17) is 10.5 Å². The van der Waals surface area contributed by atoms with Crippen molar-refractivity contribution in [3.8, 4) is 0 Å². The summed E-state index contributed by atoms with van der Waals surface area (Å²) in [5.41, 5.74) is 9.54. The fraction of sp³-hybridized carbons (Fsp3) is 0.214. The van der Waals surface area contributed by atoms with Gasteiger partial charge in [0.25, 0.3) is 0 Å². The number of carbonyl (C=O) groups excluding carboxylic acids is 3. The monoisotopic (exact) mass is 516 g/mol. The summed E-state index contributed by atoms with van der Waals surface area (Å²) in [7, 11) is 0. The average Bonchev–Trinajstić information content (AvgIpc) is 2.87. The summed E-state index contributed by atoms with van der Waals surface area (Å²) in [6, 6.07) is 16.7. The van der Waals surface area contributed by atoms with Crippen LogP contribution in [0.3, 0.4) is 0 Å². The lowest BCUT2D eigenvalue weighted by molar-refractivity contribution is -0.137. The summed E-state index contributed by atoms with van der Waals surface area (Å²) < 4.78 is 5.32. The van der Waals surface area contributed by atoms with Crippen LogP contribution in [0.15, 0.2) is 66.7 Å². The Morgan fingerprint density at radius 2 is 1.84 bits per heavy atom. The van der Waals surface area contributed by atoms with Crippen molar-refractivity contribution in [3.05, 3.63) is 94.5 Å². The first-order valence-corrected chi connectivity index (χ1v) is 12.0. The Morgan fingerprint density at radius 3 is 2.58 bits per heavy atom. The number of fused-ring (bicyclic) bond motifs is 9. The molecule has 10 heteroatoms. The van der Waals surface area contributed by atoms with Crippen molar-refractivity contribution in [2.45, 2.75) is 31.8 Å². The van der Waals surface area contributed by atoms with Crippen molar-refractivity contribution < 1.29 is 29.0 Å². The number of nitrogens with two attached hydrogens (primary N) is 1. The quantitative estimate of drug-likeness (QED) is 0.346. The van der Waals surface area contributed by atoms with Crippen molar-refractivity contribution in [2.75, 3.05) is 17.2 Å². The van der Waals surface area contributed by atoms with Crippen LogP contribution in [0.2, 0.25) is 0 Å². The maximum absolute atomic E-state index is 13.7. The number of anilines is 2. The zero-order chi connectivity index (χ0) is 27.2. The van der Waals surface area contributed by atoms with Crippen molar-refractivity contribution in [1.82, 2.24) is 5.32 Å². The second kappa shape index (κ2) is 11.5. The van der Waals surface area contributed by atoms with E-state index in [0.717, 1.165) is 11.1 Å². The average molecular weight is 517 g/mol. The molecule has 10 nitrogen and oxygen atoms in total. The van der Waals surface area contributed by atoms with E-state index >= 15 is 0 Å². The van der Waals surface area contributed by atoms with E-state index in [9.17, 15) is 24.3 Å². The lowest BCUT2D eigenvalue weighted by atomic mass is 9.97. The summed E-state index contributed by atoms with van der Waals surface area (Å²) in [5.74, 6) is -2.19. The van der Waals surface area contributed by atoms with Crippen LogP contribution >= 0.6 is 0 Å². The van der Waals surface area contributed by atoms with Crippen LogP contribution in [0.25, 0.3) is 0 Å². The Labute approximate surface area is 219 Å². The molecule has 1 unspecified atom stereocenters. The molecule has 6 N–H and O–H groups in total. The van der Waals surface area contributed by atoms with E-state index in [0.29, 0.717) is 28.9 Å². The first kappa shape index (κ1) is 26.2. The fourth-order valence-electron chi connectivity index (χ4n) is 4.33. The van der Waals surface area contributed by atoms with Crippen molar-refractivity contribution in [3.63, 3.8) is 0 Å². The van der Waals surface area contributed by atoms with E-state index in [1.165, 1.54) is 0 Å². The Bertz CT molecular complexity index is 1390. The molecule has 2 aliphatic heterocycles. The molecule has 0 fully saturated rings. The van der Waals surface area contributed by atoms with E-state index in [1.54, 1.807) is 54.6 Å². The first-order valence-electron chi connectivity index (χ1n) is 12.0. The van der Waals surface area contributed by atoms with Crippen molar-refractivity contribution >= 4 is 35.3 Å². The fourth-order valence-corrected chi connectivity index (χ4v) is 4.33. The lowest BCUT2D eigenvalue weighted by Crippen LogP contribution is -2.37. The summed E-state index contributed by atoms with van der Waals surface area (Å²) >= 11 is 0. The number of hydrogen-bond donors (Lipinski definition) is 5. The molecule has 0 saturated carbocycles. The molecule has 0 saturated heterocycles. The highest BCUT2D eigenvalue weighted by Crippen LogP contribution is 2.27. The third-order valence-electron chi connectivity index (χ3n) is 6.26. The molecule has 0 spiro atoms. The molecule has 0 aromatic heterocycles. The molecular weight excluding hydrogens is 488 g/mol. The first-order chi connectivity index (χ1) is 18.2. The minimum atomic E-state index is -1.11. The van der Waals surface area contributed by atoms with Gasteiger partial charge in [-0.3, -0.25) is 19.7 Å². The summed E-state index contributed by atoms with van der Waals surface area (Å²) in [6.45, 7) is 2.04. The second-order valence-corrected chi connectivity index (χ2v) is 9.00. The Hall–Kier alpha value is -4.86. The summed E-state index contributed by atoms with van der Waals surface area (Å²) in [5, 5.41) is 18.2. The number of primary amides is 1. The zero-order valence-electron chi connectivity index (χ0n) is 20.7. The van der Waals surface area contributed by atoms with Crippen LogP contribution in [0.1, 0.15) is 51.1 Å². The van der Waals surface area contributed by atoms with Gasteiger partial charge in [0.15, 0.2) is 0 Å². The molecule has 3 aromatic carbocycles. The summed E-state index contributed by atoms with van der Waals surface area (Å²) in [4.78, 5) is 49.4. The predicted octanol–water partition coefficient (Wildman–Crippen LogP) is 3.68. The van der Waals surface area contributed by atoms with E-state index in [-0.39, 0.29) is 18.6 Å². The maximum Gasteiger partial charge on any atom is 0.411 e. The molecule has 2 heterocycles. The lowest BCUT2D eigenvalue weighted by Gasteiger charge is -2.25. The van der Waals surface area contributed by atoms with Gasteiger partial charge < -0.3 is 26.2 Å². The van der Waals surface area contributed by atoms with Crippen molar-refractivity contribution in [1.29, 1.82) is 0 Å². The van der Waals surface area contributed by atoms with Gasteiger partial charge in [0, 0.05) is 23.4 Å². The predicted molar refractivity (Wildman–Crippen MR) is 141 cm³/mol. The van der Waals surface area contributed by atoms with Gasteiger partial charge >= 0.3 is 12.1 Å². The number of aliphatic carboxylic acids is 1. The number of benzene rings is 3. The number of aryl methyl sites for hydroxylation is 1. The van der Waals surface area contributed by atoms with Gasteiger partial charge in [-0.2, -0.15) is 0 Å². The number of carboxylic acid groups (broad SMARTS) is 1. The Balaban J connectivity index is 1.77. The van der Waals surface area contributed by atoms with Gasteiger partial charge in [0.05, 0.1) is 19.1 Å². The normalized spacial score (nSPS) is 17.6. The van der Waals surface area contributed by atoms with E-state index in [1.807, 2.05) is 19.1 Å². The minimum absolute atomic E-state index is 0.148. The molecule has 3 amide bonds. The number of ether oxygens (including phenoxy) is 1. The van der Waals surface area contributed by atoms with Gasteiger partial charge in [-0.25, -0.2) is 4.79 Å². The molecule has 38 heavy (non-hydrogen) atoms. The van der Waals surface area contributed by atoms with Crippen LogP contribution < -0.4 is 21.7 Å². The molecule has 4 bridgehead atoms. The highest BCUT2D eigenvalue weighted by Gasteiger charge is 2.26. The zero-order valence-corrected chi connectivity index (χ0v) is 20.7. The number of hydrogen-bond acceptors (Lipinski definition) is 6. The Morgan fingerprint density at radius 1 is 1.05 bits per heavy atom. The van der Waals surface area contributed by atoms with Crippen LogP contribution in [-0.4, -0.2) is 35.6 Å². The number of amides is 3. The van der Waals surface area contributed by atoms with Crippen LogP contribution in [0.4, 0.5) is 16.2 Å². The van der Waals surface area contributed by atoms with Gasteiger partial charge in [-0.15, -0.1) is 0 Å². The molecule has 196 valence electrons. The van der Waals surface area contributed by atoms with Gasteiger partial charge in [-0.1, -0.05) is 36.4 Å². The smallest absolute Gasteiger partial charge is 0.411 e. The minimum Gasteiger partial charge on any atom is -0.481 e. The molecule has 2 atom stereocenters. The number of nitrogens with one attached hydrogen (secondary N) is 3. The standard InChI is InChI=1S/C28H28N4O6/c1-16-12-19-9-8-17(16)10-11-38-28(37)31-22-7-2-4-18(13-22)23(15-24(33)34)32-27(36)25(19)30-21-6-3-5-20(14-21)26(29)35/h2-9,12-14,23,25,30H,10-11,15H2,1H3,(H2,29,35)(H,31,37)(H,32,36)(H,33,34)/t23-,25?/m1/s1. The SMILES string of the molecule is Cc1cc2ccc1CCOC(=O)Nc1cccc(c1)[C@@H](CC(=O)O)NC(=O)C2Nc1cccc(C(N)=O)c1. The molecular formula is C28H28N4O6. The van der Waals surface area contributed by atoms with Gasteiger partial charge in [0.1, 0.15) is 6.04 Å². The summed E-state index contributed by atoms with van der Waals surface area (Å²) in [6.07, 6.45) is -0.544. The molecule has 0 radical (unpaired) electrons. The third kappa shape index (κ3) is 6.47. The van der Waals surface area contributed by atoms with Gasteiger partial charge in [0.2, 0.25) is 11.8 Å². The highest BCUT2D eigenvalue weighted by molar-refractivity contribution is 5.94. The van der Waals surface area contributed by atoms with Crippen molar-refractivity contribution in [2.24, 2.45) is 5.73 Å². The second-order valence-electron chi connectivity index (χ2n) is 9.00. The topological polar surface area (TPSA) is 160 Å². The van der Waals surface area contributed by atoms with E-state index < -0.39 is 36.0 Å². The Kier molecular flexibility index (Phi) is 7.91. The van der Waals surface area contributed by atoms with Crippen LogP contribution in [0.5, 0.6) is 0 Å². The van der Waals surface area contributed by atoms with Crippen LogP contribution in [0, 0.1) is 6.92 Å². The van der Waals surface area contributed by atoms with E-state index in [2.05, 4.69) is 16.0 Å². The number of carboxylic acids is 1. The molecule has 3 aromatic rings. The van der Waals surface area contributed by atoms with Crippen LogP contribution in [-0.2, 0) is 20.7 Å². The molecule has 0 aliphatic carbocycles. The molecule has 2 aliphatic rings. The van der Waals surface area contributed by atoms with Gasteiger partial charge in [-0.05, 0) is 59.5 Å². The largest absolute Gasteiger partial charge is 0.481 e. The number of carbonyl (C=O) groups is 4. The maximum atomic E-state index is 13.7.